The van der Waals surface area contributed by atoms with Crippen molar-refractivity contribution in [3.05, 3.63) is 18.2 Å². The Morgan fingerprint density at radius 1 is 1.03 bits per heavy atom. The molecule has 1 aromatic carbocycles. The van der Waals surface area contributed by atoms with Crippen LogP contribution in [-0.2, 0) is 19.6 Å². The van der Waals surface area contributed by atoms with Crippen LogP contribution in [0.1, 0.15) is 25.7 Å². The Bertz CT molecular complexity index is 921. The summed E-state index contributed by atoms with van der Waals surface area (Å²) in [5.74, 6) is -0.532. The number of benzene rings is 1. The first kappa shape index (κ1) is 21.6. The van der Waals surface area contributed by atoms with Crippen molar-refractivity contribution in [2.75, 3.05) is 51.6 Å². The molecule has 0 aromatic heterocycles. The molecule has 10 heteroatoms. The number of amides is 2. The van der Waals surface area contributed by atoms with Crippen LogP contribution in [0.15, 0.2) is 28.0 Å². The number of hydrogen-bond donors (Lipinski definition) is 1. The summed E-state index contributed by atoms with van der Waals surface area (Å²) in [7, 11) is -1.65. The molecule has 0 radical (unpaired) electrons. The lowest BCUT2D eigenvalue weighted by Crippen LogP contribution is -2.47. The molecule has 30 heavy (non-hydrogen) atoms. The fraction of sp³-hybridized carbons (Fsp3) is 0.600. The molecule has 1 aromatic rings. The normalized spacial score (nSPS) is 24.1. The molecule has 3 heterocycles. The number of thioether (sulfide) groups is 1. The zero-order valence-corrected chi connectivity index (χ0v) is 18.8. The van der Waals surface area contributed by atoms with E-state index in [-0.39, 0.29) is 16.7 Å². The van der Waals surface area contributed by atoms with Crippen LogP contribution in [0.4, 0.5) is 5.69 Å². The van der Waals surface area contributed by atoms with Gasteiger partial charge in [-0.25, -0.2) is 8.42 Å². The monoisotopic (exact) mass is 452 g/mol. The molecule has 8 nitrogen and oxygen atoms in total. The Kier molecular flexibility index (Phi) is 6.38. The molecule has 0 aliphatic carbocycles. The molecule has 3 aliphatic heterocycles. The van der Waals surface area contributed by atoms with Crippen molar-refractivity contribution < 1.29 is 18.0 Å². The topological polar surface area (TPSA) is 90.0 Å². The minimum absolute atomic E-state index is 0.154. The third kappa shape index (κ3) is 4.37. The van der Waals surface area contributed by atoms with Gasteiger partial charge in [-0.2, -0.15) is 4.31 Å². The van der Waals surface area contributed by atoms with Crippen LogP contribution in [0.25, 0.3) is 0 Å². The molecular formula is C20H28N4O4S2. The summed E-state index contributed by atoms with van der Waals surface area (Å²) in [4.78, 5) is 30.4. The largest absolute Gasteiger partial charge is 0.341 e. The van der Waals surface area contributed by atoms with Gasteiger partial charge in [0.25, 0.3) is 0 Å². The van der Waals surface area contributed by atoms with Crippen molar-refractivity contribution in [1.29, 1.82) is 0 Å². The molecule has 0 bridgehead atoms. The maximum absolute atomic E-state index is 13.0. The highest BCUT2D eigenvalue weighted by atomic mass is 32.2. The minimum atomic E-state index is -3.62. The number of hydrogen-bond acceptors (Lipinski definition) is 6. The van der Waals surface area contributed by atoms with Crippen molar-refractivity contribution in [3.63, 3.8) is 0 Å². The van der Waals surface area contributed by atoms with Crippen LogP contribution in [0.3, 0.4) is 0 Å². The number of likely N-dealkylation sites (N-methyl/N-ethyl adjacent to an activating group) is 1. The lowest BCUT2D eigenvalue weighted by molar-refractivity contribution is -0.133. The van der Waals surface area contributed by atoms with E-state index in [1.807, 2.05) is 7.05 Å². The molecule has 2 amide bonds. The van der Waals surface area contributed by atoms with Gasteiger partial charge in [0, 0.05) is 44.2 Å². The number of nitrogens with zero attached hydrogens (tertiary/aromatic N) is 3. The molecular weight excluding hydrogens is 424 g/mol. The number of rotatable bonds is 3. The van der Waals surface area contributed by atoms with Crippen LogP contribution >= 0.6 is 11.8 Å². The lowest BCUT2D eigenvalue weighted by Gasteiger charge is -2.32. The molecule has 1 atom stereocenters. The molecule has 2 fully saturated rings. The van der Waals surface area contributed by atoms with Gasteiger partial charge in [0.1, 0.15) is 0 Å². The van der Waals surface area contributed by atoms with Crippen LogP contribution in [0, 0.1) is 0 Å². The van der Waals surface area contributed by atoms with Gasteiger partial charge in [0.15, 0.2) is 5.25 Å². The predicted octanol–water partition coefficient (Wildman–Crippen LogP) is 1.44. The van der Waals surface area contributed by atoms with Crippen molar-refractivity contribution in [1.82, 2.24) is 14.1 Å². The summed E-state index contributed by atoms with van der Waals surface area (Å²) in [5.41, 5.74) is 0.458. The first-order valence-corrected chi connectivity index (χ1v) is 12.8. The third-order valence-electron chi connectivity index (χ3n) is 5.93. The summed E-state index contributed by atoms with van der Waals surface area (Å²) in [6.07, 6.45) is 4.16. The van der Waals surface area contributed by atoms with Crippen LogP contribution < -0.4 is 5.32 Å². The number of carbonyl (C=O) groups excluding carboxylic acids is 2. The molecule has 2 saturated heterocycles. The Hall–Kier alpha value is -1.62. The van der Waals surface area contributed by atoms with Gasteiger partial charge < -0.3 is 15.1 Å². The van der Waals surface area contributed by atoms with Crippen molar-refractivity contribution in [2.45, 2.75) is 40.7 Å². The highest BCUT2D eigenvalue weighted by Gasteiger charge is 2.37. The van der Waals surface area contributed by atoms with Crippen molar-refractivity contribution >= 4 is 39.3 Å². The van der Waals surface area contributed by atoms with Gasteiger partial charge in [-0.05, 0) is 38.1 Å². The van der Waals surface area contributed by atoms with Gasteiger partial charge in [0.05, 0.1) is 10.6 Å². The van der Waals surface area contributed by atoms with E-state index < -0.39 is 15.3 Å². The van der Waals surface area contributed by atoms with E-state index in [0.717, 1.165) is 30.6 Å². The summed E-state index contributed by atoms with van der Waals surface area (Å²) >= 11 is 1.21. The third-order valence-corrected chi connectivity index (χ3v) is 9.09. The number of anilines is 1. The molecule has 0 saturated carbocycles. The minimum Gasteiger partial charge on any atom is -0.341 e. The second-order valence-electron chi connectivity index (χ2n) is 8.09. The standard InChI is InChI=1S/C20H28N4O4S2/c1-22-10-12-24(13-11-22)30(27,28)15-6-7-17-16(14-15)21-19(25)18(29-17)20(26)23-8-4-2-3-5-9-23/h6-7,14,18H,2-5,8-13H2,1H3,(H,21,25)/t18-/m1/s1. The van der Waals surface area contributed by atoms with E-state index in [4.69, 9.17) is 0 Å². The summed E-state index contributed by atoms with van der Waals surface area (Å²) in [5, 5.41) is 1.95. The SMILES string of the molecule is CN1CCN(S(=O)(=O)c2ccc3c(c2)NC(=O)[C@H](C(=O)N2CCCCCC2)S3)CC1. The maximum atomic E-state index is 13.0. The van der Waals surface area contributed by atoms with Crippen LogP contribution in [-0.4, -0.2) is 85.9 Å². The number of carbonyl (C=O) groups is 2. The second kappa shape index (κ2) is 8.86. The van der Waals surface area contributed by atoms with E-state index in [0.29, 0.717) is 45.0 Å². The van der Waals surface area contributed by atoms with Crippen LogP contribution in [0.5, 0.6) is 0 Å². The smallest absolute Gasteiger partial charge is 0.247 e. The predicted molar refractivity (Wildman–Crippen MR) is 116 cm³/mol. The highest BCUT2D eigenvalue weighted by Crippen LogP contribution is 2.38. The van der Waals surface area contributed by atoms with E-state index in [1.54, 1.807) is 17.0 Å². The lowest BCUT2D eigenvalue weighted by atomic mass is 10.2. The summed E-state index contributed by atoms with van der Waals surface area (Å²) < 4.78 is 27.5. The maximum Gasteiger partial charge on any atom is 0.247 e. The van der Waals surface area contributed by atoms with Gasteiger partial charge in [-0.15, -0.1) is 11.8 Å². The number of fused-ring (bicyclic) bond motifs is 1. The molecule has 0 spiro atoms. The van der Waals surface area contributed by atoms with Gasteiger partial charge in [-0.3, -0.25) is 9.59 Å². The Morgan fingerprint density at radius 2 is 1.70 bits per heavy atom. The fourth-order valence-electron chi connectivity index (χ4n) is 4.05. The molecule has 4 rings (SSSR count). The quantitative estimate of drug-likeness (QED) is 0.698. The van der Waals surface area contributed by atoms with Gasteiger partial charge >= 0.3 is 0 Å². The second-order valence-corrected chi connectivity index (χ2v) is 11.2. The Morgan fingerprint density at radius 3 is 2.37 bits per heavy atom. The average molecular weight is 453 g/mol. The number of likely N-dealkylation sites (tertiary alicyclic amines) is 1. The molecule has 164 valence electrons. The van der Waals surface area contributed by atoms with Gasteiger partial charge in [-0.1, -0.05) is 12.8 Å². The number of piperazine rings is 1. The molecule has 3 aliphatic rings. The zero-order valence-electron chi connectivity index (χ0n) is 17.2. The van der Waals surface area contributed by atoms with E-state index in [2.05, 4.69) is 10.2 Å². The van der Waals surface area contributed by atoms with Gasteiger partial charge in [0.2, 0.25) is 21.8 Å². The Labute approximate surface area is 182 Å². The Balaban J connectivity index is 1.51. The molecule has 0 unspecified atom stereocenters. The van der Waals surface area contributed by atoms with E-state index >= 15 is 0 Å². The van der Waals surface area contributed by atoms with Crippen molar-refractivity contribution in [2.24, 2.45) is 0 Å². The number of nitrogens with one attached hydrogen (secondary N) is 1. The fourth-order valence-corrected chi connectivity index (χ4v) is 6.55. The average Bonchev–Trinajstić information content (AvgIpc) is 3.02. The highest BCUT2D eigenvalue weighted by molar-refractivity contribution is 8.01. The number of sulfonamides is 1. The molecule has 1 N–H and O–H groups in total. The zero-order chi connectivity index (χ0) is 21.3. The first-order chi connectivity index (χ1) is 14.4. The summed E-state index contributed by atoms with van der Waals surface area (Å²) in [6.45, 7) is 3.66. The van der Waals surface area contributed by atoms with E-state index in [9.17, 15) is 18.0 Å². The van der Waals surface area contributed by atoms with E-state index in [1.165, 1.54) is 22.1 Å². The summed E-state index contributed by atoms with van der Waals surface area (Å²) in [6, 6.07) is 4.79. The van der Waals surface area contributed by atoms with Crippen LogP contribution in [0.2, 0.25) is 0 Å². The van der Waals surface area contributed by atoms with Crippen molar-refractivity contribution in [3.8, 4) is 0 Å². The first-order valence-electron chi connectivity index (χ1n) is 10.5.